The first-order valence-corrected chi connectivity index (χ1v) is 9.57. The molecule has 2 aliphatic rings. The molecule has 22 heavy (non-hydrogen) atoms. The van der Waals surface area contributed by atoms with Gasteiger partial charge in [-0.1, -0.05) is 6.92 Å². The van der Waals surface area contributed by atoms with E-state index in [-0.39, 0.29) is 6.10 Å². The topological polar surface area (TPSA) is 60.7 Å². The summed E-state index contributed by atoms with van der Waals surface area (Å²) in [6, 6.07) is 0. The predicted octanol–water partition coefficient (Wildman–Crippen LogP) is 3.36. The maximum absolute atomic E-state index is 10.2. The van der Waals surface area contributed by atoms with Crippen LogP contribution in [0, 0.1) is 29.6 Å². The SMILES string of the molecule is CCC(O)CC(C1CCC(CO)CC1)C1CCC(CO)CC1. The van der Waals surface area contributed by atoms with Crippen LogP contribution in [0.3, 0.4) is 0 Å². The van der Waals surface area contributed by atoms with Gasteiger partial charge in [-0.05, 0) is 93.8 Å². The summed E-state index contributed by atoms with van der Waals surface area (Å²) in [6.07, 6.45) is 11.2. The number of aliphatic hydroxyl groups is 3. The molecule has 2 saturated carbocycles. The highest BCUT2D eigenvalue weighted by Crippen LogP contribution is 2.44. The molecule has 0 saturated heterocycles. The molecule has 3 heteroatoms. The molecule has 0 aromatic heterocycles. The lowest BCUT2D eigenvalue weighted by Crippen LogP contribution is -2.33. The van der Waals surface area contributed by atoms with Crippen molar-refractivity contribution in [1.29, 1.82) is 0 Å². The lowest BCUT2D eigenvalue weighted by Gasteiger charge is -2.41. The molecule has 0 aromatic rings. The van der Waals surface area contributed by atoms with E-state index in [0.717, 1.165) is 50.4 Å². The van der Waals surface area contributed by atoms with Crippen LogP contribution in [0.15, 0.2) is 0 Å². The van der Waals surface area contributed by atoms with Gasteiger partial charge in [-0.3, -0.25) is 0 Å². The molecule has 0 amide bonds. The lowest BCUT2D eigenvalue weighted by atomic mass is 9.65. The van der Waals surface area contributed by atoms with Crippen LogP contribution in [0.1, 0.15) is 71.1 Å². The molecule has 2 aliphatic carbocycles. The maximum atomic E-state index is 10.2. The highest BCUT2D eigenvalue weighted by atomic mass is 16.3. The van der Waals surface area contributed by atoms with Crippen LogP contribution in [0.4, 0.5) is 0 Å². The summed E-state index contributed by atoms with van der Waals surface area (Å²) >= 11 is 0. The summed E-state index contributed by atoms with van der Waals surface area (Å²) in [7, 11) is 0. The van der Waals surface area contributed by atoms with Crippen LogP contribution in [-0.2, 0) is 0 Å². The first-order valence-electron chi connectivity index (χ1n) is 9.57. The molecule has 0 heterocycles. The van der Waals surface area contributed by atoms with E-state index in [2.05, 4.69) is 6.92 Å². The van der Waals surface area contributed by atoms with E-state index in [4.69, 9.17) is 0 Å². The van der Waals surface area contributed by atoms with Crippen molar-refractivity contribution in [3.05, 3.63) is 0 Å². The van der Waals surface area contributed by atoms with E-state index in [1.807, 2.05) is 0 Å². The fraction of sp³-hybridized carbons (Fsp3) is 1.00. The highest BCUT2D eigenvalue weighted by Gasteiger charge is 2.35. The van der Waals surface area contributed by atoms with E-state index in [1.54, 1.807) is 0 Å². The van der Waals surface area contributed by atoms with Gasteiger partial charge in [-0.15, -0.1) is 0 Å². The van der Waals surface area contributed by atoms with Gasteiger partial charge in [0.15, 0.2) is 0 Å². The number of rotatable bonds is 7. The molecular formula is C19H36O3. The monoisotopic (exact) mass is 312 g/mol. The first-order chi connectivity index (χ1) is 10.7. The summed E-state index contributed by atoms with van der Waals surface area (Å²) in [6.45, 7) is 2.76. The maximum Gasteiger partial charge on any atom is 0.0540 e. The number of hydrogen-bond donors (Lipinski definition) is 3. The standard InChI is InChI=1S/C19H36O3/c1-2-18(22)11-19(16-7-3-14(12-20)4-8-16)17-9-5-15(13-21)6-10-17/h14-22H,2-13H2,1H3. The molecule has 3 nitrogen and oxygen atoms in total. The lowest BCUT2D eigenvalue weighted by molar-refractivity contribution is 0.0430. The second kappa shape index (κ2) is 9.24. The van der Waals surface area contributed by atoms with Gasteiger partial charge in [-0.25, -0.2) is 0 Å². The van der Waals surface area contributed by atoms with Gasteiger partial charge >= 0.3 is 0 Å². The zero-order chi connectivity index (χ0) is 15.9. The van der Waals surface area contributed by atoms with Gasteiger partial charge in [0.25, 0.3) is 0 Å². The second-order valence-electron chi connectivity index (χ2n) is 7.89. The van der Waals surface area contributed by atoms with Crippen molar-refractivity contribution in [3.8, 4) is 0 Å². The molecule has 3 N–H and O–H groups in total. The zero-order valence-corrected chi connectivity index (χ0v) is 14.3. The van der Waals surface area contributed by atoms with Gasteiger partial charge < -0.3 is 15.3 Å². The molecule has 0 bridgehead atoms. The van der Waals surface area contributed by atoms with Crippen molar-refractivity contribution in [2.24, 2.45) is 29.6 Å². The minimum Gasteiger partial charge on any atom is -0.396 e. The zero-order valence-electron chi connectivity index (χ0n) is 14.3. The normalized spacial score (nSPS) is 36.0. The molecule has 1 unspecified atom stereocenters. The largest absolute Gasteiger partial charge is 0.396 e. The Labute approximate surface area is 136 Å². The highest BCUT2D eigenvalue weighted by molar-refractivity contribution is 4.86. The first kappa shape index (κ1) is 18.2. The van der Waals surface area contributed by atoms with Gasteiger partial charge in [0.1, 0.15) is 0 Å². The van der Waals surface area contributed by atoms with E-state index in [0.29, 0.717) is 31.0 Å². The summed E-state index contributed by atoms with van der Waals surface area (Å²) in [5.74, 6) is 3.14. The van der Waals surface area contributed by atoms with Crippen LogP contribution in [0.2, 0.25) is 0 Å². The summed E-state index contributed by atoms with van der Waals surface area (Å²) in [5, 5.41) is 28.9. The number of hydrogen-bond acceptors (Lipinski definition) is 3. The second-order valence-corrected chi connectivity index (χ2v) is 7.89. The van der Waals surface area contributed by atoms with Gasteiger partial charge in [0, 0.05) is 13.2 Å². The van der Waals surface area contributed by atoms with Crippen LogP contribution in [0.5, 0.6) is 0 Å². The fourth-order valence-electron chi connectivity index (χ4n) is 4.85. The molecule has 2 rings (SSSR count). The van der Waals surface area contributed by atoms with Crippen molar-refractivity contribution >= 4 is 0 Å². The third-order valence-corrected chi connectivity index (χ3v) is 6.53. The minimum absolute atomic E-state index is 0.156. The minimum atomic E-state index is -0.156. The van der Waals surface area contributed by atoms with Crippen molar-refractivity contribution in [3.63, 3.8) is 0 Å². The van der Waals surface area contributed by atoms with Gasteiger partial charge in [0.05, 0.1) is 6.10 Å². The van der Waals surface area contributed by atoms with E-state index in [1.165, 1.54) is 25.7 Å². The molecule has 0 spiro atoms. The van der Waals surface area contributed by atoms with Gasteiger partial charge in [-0.2, -0.15) is 0 Å². The third kappa shape index (κ3) is 4.94. The molecular weight excluding hydrogens is 276 g/mol. The van der Waals surface area contributed by atoms with E-state index >= 15 is 0 Å². The Morgan fingerprint density at radius 3 is 1.50 bits per heavy atom. The molecule has 0 aromatic carbocycles. The third-order valence-electron chi connectivity index (χ3n) is 6.53. The van der Waals surface area contributed by atoms with Crippen molar-refractivity contribution in [2.75, 3.05) is 13.2 Å². The summed E-state index contributed by atoms with van der Waals surface area (Å²) in [5.41, 5.74) is 0. The molecule has 0 aliphatic heterocycles. The van der Waals surface area contributed by atoms with Crippen LogP contribution in [-0.4, -0.2) is 34.6 Å². The smallest absolute Gasteiger partial charge is 0.0540 e. The molecule has 1 atom stereocenters. The molecule has 0 radical (unpaired) electrons. The van der Waals surface area contributed by atoms with Crippen molar-refractivity contribution < 1.29 is 15.3 Å². The predicted molar refractivity (Wildman–Crippen MR) is 89.5 cm³/mol. The Morgan fingerprint density at radius 2 is 1.18 bits per heavy atom. The molecule has 130 valence electrons. The van der Waals surface area contributed by atoms with Crippen LogP contribution >= 0.6 is 0 Å². The quantitative estimate of drug-likeness (QED) is 0.675. The Balaban J connectivity index is 1.94. The Kier molecular flexibility index (Phi) is 7.66. The van der Waals surface area contributed by atoms with E-state index in [9.17, 15) is 15.3 Å². The number of aliphatic hydroxyl groups excluding tert-OH is 3. The summed E-state index contributed by atoms with van der Waals surface area (Å²) < 4.78 is 0. The summed E-state index contributed by atoms with van der Waals surface area (Å²) in [4.78, 5) is 0. The Bertz CT molecular complexity index is 267. The van der Waals surface area contributed by atoms with Gasteiger partial charge in [0.2, 0.25) is 0 Å². The molecule has 2 fully saturated rings. The average molecular weight is 312 g/mol. The van der Waals surface area contributed by atoms with Crippen LogP contribution in [0.25, 0.3) is 0 Å². The van der Waals surface area contributed by atoms with Crippen molar-refractivity contribution in [1.82, 2.24) is 0 Å². The average Bonchev–Trinajstić information content (AvgIpc) is 2.59. The fourth-order valence-corrected chi connectivity index (χ4v) is 4.85. The van der Waals surface area contributed by atoms with E-state index < -0.39 is 0 Å². The Hall–Kier alpha value is -0.120. The van der Waals surface area contributed by atoms with Crippen LogP contribution < -0.4 is 0 Å². The van der Waals surface area contributed by atoms with Crippen molar-refractivity contribution in [2.45, 2.75) is 77.2 Å². The Morgan fingerprint density at radius 1 is 0.773 bits per heavy atom.